The number of ether oxygens (including phenoxy) is 2. The van der Waals surface area contributed by atoms with E-state index in [-0.39, 0.29) is 18.3 Å². The first-order valence-electron chi connectivity index (χ1n) is 6.91. The van der Waals surface area contributed by atoms with E-state index in [2.05, 4.69) is 0 Å². The molecule has 116 valence electrons. The van der Waals surface area contributed by atoms with Crippen molar-refractivity contribution in [2.45, 2.75) is 12.4 Å². The van der Waals surface area contributed by atoms with Gasteiger partial charge in [0.1, 0.15) is 12.4 Å². The van der Waals surface area contributed by atoms with Crippen LogP contribution < -0.4 is 0 Å². The zero-order valence-electron chi connectivity index (χ0n) is 11.6. The fourth-order valence-corrected chi connectivity index (χ4v) is 2.78. The van der Waals surface area contributed by atoms with Crippen molar-refractivity contribution in [3.8, 4) is 5.75 Å². The van der Waals surface area contributed by atoms with Crippen molar-refractivity contribution in [1.82, 2.24) is 0 Å². The molecule has 1 aliphatic heterocycles. The number of hydrogen-bond donors (Lipinski definition) is 3. The minimum absolute atomic E-state index is 0.0355. The molecule has 6 heteroatoms. The Morgan fingerprint density at radius 3 is 2.68 bits per heavy atom. The molecule has 1 aliphatic carbocycles. The Labute approximate surface area is 126 Å². The van der Waals surface area contributed by atoms with Crippen LogP contribution in [-0.4, -0.2) is 40.3 Å². The van der Waals surface area contributed by atoms with E-state index < -0.39 is 24.3 Å². The summed E-state index contributed by atoms with van der Waals surface area (Å²) in [5, 5.41) is 29.0. The summed E-state index contributed by atoms with van der Waals surface area (Å²) in [7, 11) is 0. The molecule has 1 aromatic rings. The highest BCUT2D eigenvalue weighted by Gasteiger charge is 2.42. The van der Waals surface area contributed by atoms with Crippen LogP contribution in [0.4, 0.5) is 0 Å². The lowest BCUT2D eigenvalue weighted by atomic mass is 9.88. The standard InChI is InChI=1S/C16H16O6/c17-11-3-1-9(2-4-11)15(19)22-8-10-7-13(18)12-5-6-21-16(20)14(10)12/h1-7,12-14,16-18,20H,8H2/t12-,13+,14+,16+/m0/s1. The monoisotopic (exact) mass is 304 g/mol. The van der Waals surface area contributed by atoms with Crippen molar-refractivity contribution in [2.24, 2.45) is 11.8 Å². The number of aliphatic hydroxyl groups is 2. The first-order valence-corrected chi connectivity index (χ1v) is 6.91. The Morgan fingerprint density at radius 2 is 1.95 bits per heavy atom. The molecule has 0 unspecified atom stereocenters. The molecular weight excluding hydrogens is 288 g/mol. The van der Waals surface area contributed by atoms with E-state index in [1.165, 1.54) is 30.5 Å². The fourth-order valence-electron chi connectivity index (χ4n) is 2.78. The minimum atomic E-state index is -1.06. The van der Waals surface area contributed by atoms with Gasteiger partial charge in [-0.1, -0.05) is 6.08 Å². The number of aliphatic hydroxyl groups excluding tert-OH is 2. The summed E-state index contributed by atoms with van der Waals surface area (Å²) in [6.45, 7) is -0.0355. The first kappa shape index (κ1) is 14.6. The highest BCUT2D eigenvalue weighted by Crippen LogP contribution is 2.38. The van der Waals surface area contributed by atoms with Crippen LogP contribution in [0.1, 0.15) is 10.4 Å². The summed E-state index contributed by atoms with van der Waals surface area (Å²) in [6, 6.07) is 5.71. The molecule has 0 bridgehead atoms. The van der Waals surface area contributed by atoms with Gasteiger partial charge in [0.15, 0.2) is 0 Å². The lowest BCUT2D eigenvalue weighted by Gasteiger charge is -2.29. The molecule has 0 saturated carbocycles. The van der Waals surface area contributed by atoms with Crippen molar-refractivity contribution in [3.63, 3.8) is 0 Å². The number of benzene rings is 1. The number of hydrogen-bond acceptors (Lipinski definition) is 6. The molecule has 0 amide bonds. The fraction of sp³-hybridized carbons (Fsp3) is 0.312. The second kappa shape index (κ2) is 5.82. The summed E-state index contributed by atoms with van der Waals surface area (Å²) in [5.41, 5.74) is 0.940. The second-order valence-electron chi connectivity index (χ2n) is 5.31. The molecule has 2 aliphatic rings. The number of phenolic OH excluding ortho intramolecular Hbond substituents is 1. The van der Waals surface area contributed by atoms with E-state index in [1.54, 1.807) is 12.2 Å². The van der Waals surface area contributed by atoms with Gasteiger partial charge in [0, 0.05) is 5.92 Å². The normalized spacial score (nSPS) is 29.5. The van der Waals surface area contributed by atoms with Gasteiger partial charge in [-0.15, -0.1) is 0 Å². The van der Waals surface area contributed by atoms with Crippen LogP contribution in [-0.2, 0) is 9.47 Å². The van der Waals surface area contributed by atoms with E-state index in [0.29, 0.717) is 11.1 Å². The molecule has 6 nitrogen and oxygen atoms in total. The third kappa shape index (κ3) is 2.70. The van der Waals surface area contributed by atoms with Crippen molar-refractivity contribution < 1.29 is 29.6 Å². The number of phenols is 1. The number of aromatic hydroxyl groups is 1. The number of carbonyl (C=O) groups excluding carboxylic acids is 1. The Hall–Kier alpha value is -2.31. The molecule has 3 rings (SSSR count). The van der Waals surface area contributed by atoms with E-state index in [4.69, 9.17) is 9.47 Å². The number of rotatable bonds is 3. The quantitative estimate of drug-likeness (QED) is 0.568. The van der Waals surface area contributed by atoms with Crippen LogP contribution in [0.25, 0.3) is 0 Å². The molecule has 22 heavy (non-hydrogen) atoms. The molecule has 0 saturated heterocycles. The van der Waals surface area contributed by atoms with Gasteiger partial charge in [0.05, 0.1) is 23.8 Å². The minimum Gasteiger partial charge on any atom is -0.508 e. The van der Waals surface area contributed by atoms with Crippen LogP contribution in [0.2, 0.25) is 0 Å². The molecule has 0 radical (unpaired) electrons. The third-order valence-electron chi connectivity index (χ3n) is 3.92. The van der Waals surface area contributed by atoms with Gasteiger partial charge < -0.3 is 24.8 Å². The maximum atomic E-state index is 11.9. The van der Waals surface area contributed by atoms with Gasteiger partial charge in [0.2, 0.25) is 6.29 Å². The molecule has 0 aromatic heterocycles. The van der Waals surface area contributed by atoms with Crippen molar-refractivity contribution in [3.05, 3.63) is 53.8 Å². The SMILES string of the molecule is O=C(OCC1=C[C@@H](O)[C@@H]2C=CO[C@@H](O)[C@H]12)c1ccc(O)cc1. The number of fused-ring (bicyclic) bond motifs is 1. The van der Waals surface area contributed by atoms with E-state index >= 15 is 0 Å². The van der Waals surface area contributed by atoms with Crippen LogP contribution in [0.3, 0.4) is 0 Å². The van der Waals surface area contributed by atoms with E-state index in [1.807, 2.05) is 0 Å². The average molecular weight is 304 g/mol. The van der Waals surface area contributed by atoms with E-state index in [0.717, 1.165) is 0 Å². The predicted octanol–water partition coefficient (Wildman–Crippen LogP) is 0.945. The molecule has 0 fully saturated rings. The van der Waals surface area contributed by atoms with Gasteiger partial charge in [-0.3, -0.25) is 0 Å². The largest absolute Gasteiger partial charge is 0.508 e. The maximum Gasteiger partial charge on any atom is 0.338 e. The van der Waals surface area contributed by atoms with Crippen molar-refractivity contribution >= 4 is 5.97 Å². The first-order chi connectivity index (χ1) is 10.6. The Kier molecular flexibility index (Phi) is 3.87. The summed E-state index contributed by atoms with van der Waals surface area (Å²) in [5.74, 6) is -1.17. The van der Waals surface area contributed by atoms with Crippen molar-refractivity contribution in [2.75, 3.05) is 6.61 Å². The lowest BCUT2D eigenvalue weighted by Crippen LogP contribution is -2.34. The second-order valence-corrected chi connectivity index (χ2v) is 5.31. The lowest BCUT2D eigenvalue weighted by molar-refractivity contribution is -0.109. The Bertz CT molecular complexity index is 618. The molecular formula is C16H16O6. The topological polar surface area (TPSA) is 96.2 Å². The van der Waals surface area contributed by atoms with Gasteiger partial charge in [-0.25, -0.2) is 4.79 Å². The zero-order chi connectivity index (χ0) is 15.7. The summed E-state index contributed by atoms with van der Waals surface area (Å²) in [6.07, 6.45) is 2.84. The summed E-state index contributed by atoms with van der Waals surface area (Å²) in [4.78, 5) is 11.9. The van der Waals surface area contributed by atoms with Crippen molar-refractivity contribution in [1.29, 1.82) is 0 Å². The third-order valence-corrected chi connectivity index (χ3v) is 3.92. The number of esters is 1. The maximum absolute atomic E-state index is 11.9. The van der Waals surface area contributed by atoms with Crippen LogP contribution in [0.15, 0.2) is 48.3 Å². The van der Waals surface area contributed by atoms with Gasteiger partial charge in [-0.05, 0) is 35.9 Å². The van der Waals surface area contributed by atoms with Gasteiger partial charge in [-0.2, -0.15) is 0 Å². The molecule has 4 atom stereocenters. The summed E-state index contributed by atoms with van der Waals surface area (Å²) >= 11 is 0. The summed E-state index contributed by atoms with van der Waals surface area (Å²) < 4.78 is 10.2. The highest BCUT2D eigenvalue weighted by molar-refractivity contribution is 5.89. The highest BCUT2D eigenvalue weighted by atomic mass is 16.6. The molecule has 1 heterocycles. The van der Waals surface area contributed by atoms with Crippen LogP contribution in [0.5, 0.6) is 5.75 Å². The predicted molar refractivity (Wildman–Crippen MR) is 75.7 cm³/mol. The molecule has 1 aromatic carbocycles. The Morgan fingerprint density at radius 1 is 1.23 bits per heavy atom. The molecule has 3 N–H and O–H groups in total. The van der Waals surface area contributed by atoms with Gasteiger partial charge in [0.25, 0.3) is 0 Å². The zero-order valence-corrected chi connectivity index (χ0v) is 11.6. The van der Waals surface area contributed by atoms with Crippen LogP contribution >= 0.6 is 0 Å². The average Bonchev–Trinajstić information content (AvgIpc) is 2.83. The smallest absolute Gasteiger partial charge is 0.338 e. The van der Waals surface area contributed by atoms with Gasteiger partial charge >= 0.3 is 5.97 Å². The van der Waals surface area contributed by atoms with E-state index in [9.17, 15) is 20.1 Å². The Balaban J connectivity index is 1.66. The number of carbonyl (C=O) groups is 1. The van der Waals surface area contributed by atoms with Crippen LogP contribution in [0, 0.1) is 11.8 Å². The molecule has 0 spiro atoms.